The molecule has 18 heavy (non-hydrogen) atoms. The molecule has 0 radical (unpaired) electrons. The molecule has 94 valence electrons. The number of aliphatic hydroxyl groups is 1. The molecule has 0 saturated carbocycles. The van der Waals surface area contributed by atoms with Gasteiger partial charge in [-0.15, -0.1) is 0 Å². The maximum Gasteiger partial charge on any atom is 0.173 e. The summed E-state index contributed by atoms with van der Waals surface area (Å²) in [6, 6.07) is 9.32. The fraction of sp³-hybridized carbons (Fsp3) is 0.429. The van der Waals surface area contributed by atoms with E-state index in [0.29, 0.717) is 5.56 Å². The lowest BCUT2D eigenvalue weighted by atomic mass is 9.83. The SMILES string of the molecule is CNc1cc(C(C)(C)C#N)cc(C(C)(O)C#N)c1. The van der Waals surface area contributed by atoms with Crippen molar-refractivity contribution in [1.82, 2.24) is 0 Å². The van der Waals surface area contributed by atoms with Gasteiger partial charge in [-0.3, -0.25) is 0 Å². The Morgan fingerprint density at radius 2 is 1.61 bits per heavy atom. The molecule has 0 saturated heterocycles. The molecule has 0 aromatic heterocycles. The summed E-state index contributed by atoms with van der Waals surface area (Å²) in [5.41, 5.74) is -0.223. The van der Waals surface area contributed by atoms with Gasteiger partial charge >= 0.3 is 0 Å². The van der Waals surface area contributed by atoms with Gasteiger partial charge in [-0.1, -0.05) is 6.07 Å². The number of hydrogen-bond acceptors (Lipinski definition) is 4. The number of nitrogens with one attached hydrogen (secondary N) is 1. The molecule has 0 aliphatic rings. The predicted molar refractivity (Wildman–Crippen MR) is 69.8 cm³/mol. The van der Waals surface area contributed by atoms with Crippen LogP contribution in [0.2, 0.25) is 0 Å². The number of anilines is 1. The van der Waals surface area contributed by atoms with Crippen molar-refractivity contribution in [3.8, 4) is 12.1 Å². The zero-order valence-electron chi connectivity index (χ0n) is 11.1. The highest BCUT2D eigenvalue weighted by atomic mass is 16.3. The van der Waals surface area contributed by atoms with E-state index >= 15 is 0 Å². The first-order chi connectivity index (χ1) is 8.26. The van der Waals surface area contributed by atoms with Gasteiger partial charge in [-0.2, -0.15) is 10.5 Å². The van der Waals surface area contributed by atoms with Gasteiger partial charge in [0.2, 0.25) is 0 Å². The quantitative estimate of drug-likeness (QED) is 0.798. The third kappa shape index (κ3) is 2.61. The van der Waals surface area contributed by atoms with Crippen molar-refractivity contribution < 1.29 is 5.11 Å². The van der Waals surface area contributed by atoms with Gasteiger partial charge in [0, 0.05) is 12.7 Å². The molecule has 0 spiro atoms. The lowest BCUT2D eigenvalue weighted by molar-refractivity contribution is 0.119. The topological polar surface area (TPSA) is 79.8 Å². The summed E-state index contributed by atoms with van der Waals surface area (Å²) in [5, 5.41) is 31.1. The van der Waals surface area contributed by atoms with Gasteiger partial charge in [-0.05, 0) is 44.0 Å². The van der Waals surface area contributed by atoms with Crippen LogP contribution in [-0.2, 0) is 11.0 Å². The molecule has 2 N–H and O–H groups in total. The van der Waals surface area contributed by atoms with Crippen molar-refractivity contribution in [2.45, 2.75) is 31.8 Å². The van der Waals surface area contributed by atoms with Crippen LogP contribution in [0.4, 0.5) is 5.69 Å². The normalized spacial score (nSPS) is 14.2. The van der Waals surface area contributed by atoms with E-state index in [-0.39, 0.29) is 0 Å². The largest absolute Gasteiger partial charge is 0.388 e. The van der Waals surface area contributed by atoms with E-state index in [1.165, 1.54) is 6.92 Å². The van der Waals surface area contributed by atoms with Gasteiger partial charge in [0.05, 0.1) is 11.5 Å². The Morgan fingerprint density at radius 1 is 1.06 bits per heavy atom. The van der Waals surface area contributed by atoms with Crippen LogP contribution in [0, 0.1) is 22.7 Å². The molecule has 4 nitrogen and oxygen atoms in total. The molecule has 0 heterocycles. The summed E-state index contributed by atoms with van der Waals surface area (Å²) < 4.78 is 0. The molecule has 0 fully saturated rings. The fourth-order valence-corrected chi connectivity index (χ4v) is 1.54. The Morgan fingerprint density at radius 3 is 2.06 bits per heavy atom. The molecular weight excluding hydrogens is 226 g/mol. The molecule has 0 aliphatic carbocycles. The first-order valence-corrected chi connectivity index (χ1v) is 5.65. The average molecular weight is 243 g/mol. The standard InChI is InChI=1S/C14H17N3O/c1-13(2,8-15)10-5-11(14(3,18)9-16)7-12(6-10)17-4/h5-7,17-18H,1-4H3. The molecule has 1 aromatic rings. The molecule has 1 aromatic carbocycles. The molecule has 1 unspecified atom stereocenters. The Bertz CT molecular complexity index is 489. The second kappa shape index (κ2) is 4.68. The molecule has 0 bridgehead atoms. The Balaban J connectivity index is 3.47. The lowest BCUT2D eigenvalue weighted by Gasteiger charge is -2.22. The van der Waals surface area contributed by atoms with E-state index in [0.717, 1.165) is 11.3 Å². The molecule has 0 amide bonds. The molecule has 4 heteroatoms. The Kier molecular flexibility index (Phi) is 3.65. The highest BCUT2D eigenvalue weighted by Crippen LogP contribution is 2.30. The maximum absolute atomic E-state index is 10.0. The van der Waals surface area contributed by atoms with E-state index in [1.807, 2.05) is 12.1 Å². The van der Waals surface area contributed by atoms with Crippen LogP contribution in [-0.4, -0.2) is 12.2 Å². The van der Waals surface area contributed by atoms with E-state index in [2.05, 4.69) is 11.4 Å². The van der Waals surface area contributed by atoms with Gasteiger partial charge in [-0.25, -0.2) is 0 Å². The minimum absolute atomic E-state index is 0.482. The second-order valence-corrected chi connectivity index (χ2v) is 4.97. The third-order valence-electron chi connectivity index (χ3n) is 3.00. The summed E-state index contributed by atoms with van der Waals surface area (Å²) in [5.74, 6) is 0. The van der Waals surface area contributed by atoms with Crippen LogP contribution >= 0.6 is 0 Å². The van der Waals surface area contributed by atoms with Crippen molar-refractivity contribution >= 4 is 5.69 Å². The first kappa shape index (κ1) is 14.0. The van der Waals surface area contributed by atoms with Gasteiger partial charge < -0.3 is 10.4 Å². The highest BCUT2D eigenvalue weighted by molar-refractivity contribution is 5.53. The predicted octanol–water partition coefficient (Wildman–Crippen LogP) is 2.26. The lowest BCUT2D eigenvalue weighted by Crippen LogP contribution is -2.21. The average Bonchev–Trinajstić information content (AvgIpc) is 2.38. The fourth-order valence-electron chi connectivity index (χ4n) is 1.54. The zero-order chi connectivity index (χ0) is 14.0. The number of rotatable bonds is 3. The summed E-state index contributed by atoms with van der Waals surface area (Å²) >= 11 is 0. The van der Waals surface area contributed by atoms with Crippen molar-refractivity contribution in [2.24, 2.45) is 0 Å². The maximum atomic E-state index is 10.0. The van der Waals surface area contributed by atoms with Gasteiger partial charge in [0.15, 0.2) is 5.60 Å². The van der Waals surface area contributed by atoms with Gasteiger partial charge in [0.25, 0.3) is 0 Å². The minimum Gasteiger partial charge on any atom is -0.388 e. The number of nitrogens with zero attached hydrogens (tertiary/aromatic N) is 2. The summed E-state index contributed by atoms with van der Waals surface area (Å²) in [6.45, 7) is 5.03. The van der Waals surface area contributed by atoms with E-state index in [9.17, 15) is 5.11 Å². The summed E-state index contributed by atoms with van der Waals surface area (Å²) in [4.78, 5) is 0. The van der Waals surface area contributed by atoms with E-state index < -0.39 is 11.0 Å². The van der Waals surface area contributed by atoms with Gasteiger partial charge in [0.1, 0.15) is 6.07 Å². The van der Waals surface area contributed by atoms with Crippen molar-refractivity contribution in [3.63, 3.8) is 0 Å². The Hall–Kier alpha value is -2.04. The van der Waals surface area contributed by atoms with Crippen LogP contribution in [0.5, 0.6) is 0 Å². The first-order valence-electron chi connectivity index (χ1n) is 5.65. The minimum atomic E-state index is -1.56. The van der Waals surface area contributed by atoms with Crippen molar-refractivity contribution in [1.29, 1.82) is 10.5 Å². The molecular formula is C14H17N3O. The summed E-state index contributed by atoms with van der Waals surface area (Å²) in [6.07, 6.45) is 0. The van der Waals surface area contributed by atoms with Crippen LogP contribution in [0.3, 0.4) is 0 Å². The molecule has 1 atom stereocenters. The van der Waals surface area contributed by atoms with Crippen molar-refractivity contribution in [3.05, 3.63) is 29.3 Å². The smallest absolute Gasteiger partial charge is 0.173 e. The zero-order valence-corrected chi connectivity index (χ0v) is 11.1. The van der Waals surface area contributed by atoms with Crippen LogP contribution in [0.1, 0.15) is 31.9 Å². The number of hydrogen-bond donors (Lipinski definition) is 2. The monoisotopic (exact) mass is 243 g/mol. The third-order valence-corrected chi connectivity index (χ3v) is 3.00. The number of nitriles is 2. The van der Waals surface area contributed by atoms with Crippen LogP contribution in [0.15, 0.2) is 18.2 Å². The van der Waals surface area contributed by atoms with E-state index in [4.69, 9.17) is 10.5 Å². The Labute approximate surface area is 107 Å². The van der Waals surface area contributed by atoms with Crippen LogP contribution < -0.4 is 5.32 Å². The van der Waals surface area contributed by atoms with Crippen molar-refractivity contribution in [2.75, 3.05) is 12.4 Å². The second-order valence-electron chi connectivity index (χ2n) is 4.97. The van der Waals surface area contributed by atoms with E-state index in [1.54, 1.807) is 33.0 Å². The number of benzene rings is 1. The van der Waals surface area contributed by atoms with Crippen LogP contribution in [0.25, 0.3) is 0 Å². The highest BCUT2D eigenvalue weighted by Gasteiger charge is 2.27. The summed E-state index contributed by atoms with van der Waals surface area (Å²) in [7, 11) is 1.75. The molecule has 1 rings (SSSR count). The molecule has 0 aliphatic heterocycles.